The molecule has 1 aliphatic carbocycles. The minimum absolute atomic E-state index is 0.0789. The maximum Gasteiger partial charge on any atom is 0.268 e. The quantitative estimate of drug-likeness (QED) is 0.893. The zero-order chi connectivity index (χ0) is 14.1. The molecular formula is C15H18N4O. The summed E-state index contributed by atoms with van der Waals surface area (Å²) in [6.07, 6.45) is 7.63. The van der Waals surface area contributed by atoms with Crippen LogP contribution in [0.15, 0.2) is 30.7 Å². The zero-order valence-electron chi connectivity index (χ0n) is 11.5. The van der Waals surface area contributed by atoms with Gasteiger partial charge in [0.15, 0.2) is 0 Å². The number of pyridine rings is 1. The van der Waals surface area contributed by atoms with Crippen LogP contribution in [0.4, 0.5) is 5.69 Å². The van der Waals surface area contributed by atoms with Crippen LogP contribution >= 0.6 is 0 Å². The number of hydrogen-bond acceptors (Lipinski definition) is 3. The number of aromatic nitrogens is 2. The number of nitrogens with zero attached hydrogens (tertiary/aromatic N) is 2. The molecule has 0 atom stereocenters. The lowest BCUT2D eigenvalue weighted by Crippen LogP contribution is -2.25. The van der Waals surface area contributed by atoms with E-state index in [0.29, 0.717) is 24.0 Å². The first kappa shape index (κ1) is 12.7. The average Bonchev–Trinajstić information content (AvgIpc) is 3.20. The van der Waals surface area contributed by atoms with Crippen LogP contribution in [0, 0.1) is 6.92 Å². The molecule has 3 rings (SSSR count). The summed E-state index contributed by atoms with van der Waals surface area (Å²) in [5.74, 6) is -0.0789. The molecule has 0 radical (unpaired) electrons. The number of nitrogens with two attached hydrogens (primary N) is 1. The van der Waals surface area contributed by atoms with E-state index in [0.717, 1.165) is 24.0 Å². The first-order chi connectivity index (χ1) is 9.65. The Kier molecular flexibility index (Phi) is 3.18. The molecule has 2 aromatic heterocycles. The first-order valence-corrected chi connectivity index (χ1v) is 6.80. The normalized spacial score (nSPS) is 14.2. The van der Waals surface area contributed by atoms with E-state index in [1.54, 1.807) is 18.5 Å². The molecule has 2 heterocycles. The van der Waals surface area contributed by atoms with E-state index in [4.69, 9.17) is 5.73 Å². The Morgan fingerprint density at radius 1 is 1.55 bits per heavy atom. The highest BCUT2D eigenvalue weighted by molar-refractivity contribution is 5.93. The second-order valence-corrected chi connectivity index (χ2v) is 5.28. The van der Waals surface area contributed by atoms with Gasteiger partial charge in [0.25, 0.3) is 5.91 Å². The van der Waals surface area contributed by atoms with Crippen molar-refractivity contribution >= 4 is 11.6 Å². The smallest absolute Gasteiger partial charge is 0.268 e. The molecule has 104 valence electrons. The number of carbonyl (C=O) groups is 1. The zero-order valence-corrected chi connectivity index (χ0v) is 11.5. The maximum absolute atomic E-state index is 12.3. The highest BCUT2D eigenvalue weighted by atomic mass is 16.1. The van der Waals surface area contributed by atoms with Crippen LogP contribution in [0.2, 0.25) is 0 Å². The van der Waals surface area contributed by atoms with Gasteiger partial charge in [0.05, 0.1) is 5.69 Å². The van der Waals surface area contributed by atoms with Gasteiger partial charge in [0.1, 0.15) is 5.69 Å². The molecule has 2 aromatic rings. The van der Waals surface area contributed by atoms with Gasteiger partial charge in [0.2, 0.25) is 0 Å². The van der Waals surface area contributed by atoms with Gasteiger partial charge in [-0.3, -0.25) is 9.78 Å². The van der Waals surface area contributed by atoms with Crippen molar-refractivity contribution in [1.29, 1.82) is 0 Å². The Morgan fingerprint density at radius 3 is 3.05 bits per heavy atom. The van der Waals surface area contributed by atoms with Crippen LogP contribution in [0.3, 0.4) is 0 Å². The number of aryl methyl sites for hydroxylation is 1. The molecule has 0 aliphatic heterocycles. The molecule has 5 heteroatoms. The van der Waals surface area contributed by atoms with Crippen molar-refractivity contribution in [2.24, 2.45) is 0 Å². The van der Waals surface area contributed by atoms with Gasteiger partial charge in [-0.2, -0.15) is 0 Å². The molecule has 0 bridgehead atoms. The summed E-state index contributed by atoms with van der Waals surface area (Å²) in [5.41, 5.74) is 9.24. The van der Waals surface area contributed by atoms with Crippen LogP contribution in [0.25, 0.3) is 0 Å². The van der Waals surface area contributed by atoms with Gasteiger partial charge in [0, 0.05) is 31.2 Å². The van der Waals surface area contributed by atoms with E-state index in [-0.39, 0.29) is 5.91 Å². The summed E-state index contributed by atoms with van der Waals surface area (Å²) in [6, 6.07) is 4.10. The molecule has 0 spiro atoms. The van der Waals surface area contributed by atoms with Crippen molar-refractivity contribution < 1.29 is 4.79 Å². The third-order valence-corrected chi connectivity index (χ3v) is 3.62. The van der Waals surface area contributed by atoms with E-state index in [2.05, 4.69) is 10.3 Å². The molecule has 3 N–H and O–H groups in total. The molecule has 1 saturated carbocycles. The molecule has 1 amide bonds. The summed E-state index contributed by atoms with van der Waals surface area (Å²) < 4.78 is 1.99. The Morgan fingerprint density at radius 2 is 2.35 bits per heavy atom. The lowest BCUT2D eigenvalue weighted by Gasteiger charge is -2.09. The lowest BCUT2D eigenvalue weighted by atomic mass is 10.1. The third-order valence-electron chi connectivity index (χ3n) is 3.62. The number of rotatable bonds is 4. The van der Waals surface area contributed by atoms with E-state index in [9.17, 15) is 4.79 Å². The molecule has 0 saturated heterocycles. The van der Waals surface area contributed by atoms with Crippen LogP contribution in [-0.4, -0.2) is 15.5 Å². The number of nitrogen functional groups attached to an aromatic ring is 1. The summed E-state index contributed by atoms with van der Waals surface area (Å²) in [6.45, 7) is 2.49. The fourth-order valence-electron chi connectivity index (χ4n) is 2.30. The standard InChI is InChI=1S/C15H18N4O/c1-10-7-17-5-4-11(10)8-18-15(20)14-6-12(16)9-19(14)13-2-3-13/h4-7,9,13H,2-3,8,16H2,1H3,(H,18,20). The molecule has 20 heavy (non-hydrogen) atoms. The van der Waals surface area contributed by atoms with Crippen LogP contribution in [0.1, 0.15) is 40.5 Å². The summed E-state index contributed by atoms with van der Waals surface area (Å²) in [4.78, 5) is 16.3. The Bertz CT molecular complexity index is 643. The summed E-state index contributed by atoms with van der Waals surface area (Å²) >= 11 is 0. The number of nitrogens with one attached hydrogen (secondary N) is 1. The molecule has 1 aliphatic rings. The van der Waals surface area contributed by atoms with Crippen LogP contribution in [0.5, 0.6) is 0 Å². The van der Waals surface area contributed by atoms with Crippen LogP contribution < -0.4 is 11.1 Å². The maximum atomic E-state index is 12.3. The van der Waals surface area contributed by atoms with E-state index >= 15 is 0 Å². The second kappa shape index (κ2) is 5.00. The number of anilines is 1. The van der Waals surface area contributed by atoms with Crippen molar-refractivity contribution in [1.82, 2.24) is 14.9 Å². The van der Waals surface area contributed by atoms with Gasteiger partial charge in [-0.05, 0) is 43.0 Å². The minimum atomic E-state index is -0.0789. The van der Waals surface area contributed by atoms with Gasteiger partial charge in [-0.15, -0.1) is 0 Å². The van der Waals surface area contributed by atoms with Crippen molar-refractivity contribution in [3.63, 3.8) is 0 Å². The lowest BCUT2D eigenvalue weighted by molar-refractivity contribution is 0.0941. The Balaban J connectivity index is 1.72. The topological polar surface area (TPSA) is 72.9 Å². The first-order valence-electron chi connectivity index (χ1n) is 6.80. The molecule has 0 unspecified atom stereocenters. The van der Waals surface area contributed by atoms with Gasteiger partial charge < -0.3 is 15.6 Å². The fraction of sp³-hybridized carbons (Fsp3) is 0.333. The summed E-state index contributed by atoms with van der Waals surface area (Å²) in [5, 5.41) is 2.95. The van der Waals surface area contributed by atoms with E-state index in [1.165, 1.54) is 0 Å². The molecule has 5 nitrogen and oxygen atoms in total. The minimum Gasteiger partial charge on any atom is -0.397 e. The third kappa shape index (κ3) is 2.52. The molecule has 1 fully saturated rings. The number of carbonyl (C=O) groups excluding carboxylic acids is 1. The Hall–Kier alpha value is -2.30. The Labute approximate surface area is 117 Å². The highest BCUT2D eigenvalue weighted by Gasteiger charge is 2.27. The molecule has 0 aromatic carbocycles. The van der Waals surface area contributed by atoms with Gasteiger partial charge in [-0.1, -0.05) is 0 Å². The highest BCUT2D eigenvalue weighted by Crippen LogP contribution is 2.37. The van der Waals surface area contributed by atoms with Crippen molar-refractivity contribution in [2.45, 2.75) is 32.4 Å². The van der Waals surface area contributed by atoms with Crippen LogP contribution in [-0.2, 0) is 6.54 Å². The predicted molar refractivity (Wildman–Crippen MR) is 77.3 cm³/mol. The fourth-order valence-corrected chi connectivity index (χ4v) is 2.30. The van der Waals surface area contributed by atoms with E-state index < -0.39 is 0 Å². The van der Waals surface area contributed by atoms with Crippen molar-refractivity contribution in [3.8, 4) is 0 Å². The average molecular weight is 270 g/mol. The van der Waals surface area contributed by atoms with Gasteiger partial charge in [-0.25, -0.2) is 0 Å². The predicted octanol–water partition coefficient (Wildman–Crippen LogP) is 2.04. The SMILES string of the molecule is Cc1cnccc1CNC(=O)c1cc(N)cn1C1CC1. The summed E-state index contributed by atoms with van der Waals surface area (Å²) in [7, 11) is 0. The molecular weight excluding hydrogens is 252 g/mol. The number of hydrogen-bond donors (Lipinski definition) is 2. The second-order valence-electron chi connectivity index (χ2n) is 5.28. The van der Waals surface area contributed by atoms with Crippen molar-refractivity contribution in [3.05, 3.63) is 47.5 Å². The number of amides is 1. The van der Waals surface area contributed by atoms with E-state index in [1.807, 2.05) is 23.8 Å². The van der Waals surface area contributed by atoms with Crippen molar-refractivity contribution in [2.75, 3.05) is 5.73 Å². The van der Waals surface area contributed by atoms with Gasteiger partial charge >= 0.3 is 0 Å². The monoisotopic (exact) mass is 270 g/mol. The largest absolute Gasteiger partial charge is 0.397 e.